The van der Waals surface area contributed by atoms with Gasteiger partial charge in [0.1, 0.15) is 24.4 Å². The Kier molecular flexibility index (Phi) is 6.30. The minimum atomic E-state index is -1.45. The van der Waals surface area contributed by atoms with E-state index in [0.29, 0.717) is 6.42 Å². The molecule has 1 aliphatic rings. The van der Waals surface area contributed by atoms with Gasteiger partial charge in [0.2, 0.25) is 0 Å². The molecule has 1 aliphatic heterocycles. The Hall–Kier alpha value is -0.930. The molecule has 5 atom stereocenters. The van der Waals surface area contributed by atoms with Gasteiger partial charge < -0.3 is 29.9 Å². The highest BCUT2D eigenvalue weighted by atomic mass is 16.7. The highest BCUT2D eigenvalue weighted by Gasteiger charge is 2.43. The average Bonchev–Trinajstić information content (AvgIpc) is 2.38. The van der Waals surface area contributed by atoms with Crippen LogP contribution in [0.2, 0.25) is 0 Å². The van der Waals surface area contributed by atoms with Gasteiger partial charge >= 0.3 is 0 Å². The van der Waals surface area contributed by atoms with Crippen LogP contribution in [0.3, 0.4) is 0 Å². The third kappa shape index (κ3) is 3.79. The van der Waals surface area contributed by atoms with Crippen LogP contribution in [0.4, 0.5) is 0 Å². The van der Waals surface area contributed by atoms with E-state index in [0.717, 1.165) is 0 Å². The number of azide groups is 1. The van der Waals surface area contributed by atoms with Crippen molar-refractivity contribution in [3.05, 3.63) is 10.4 Å². The van der Waals surface area contributed by atoms with E-state index in [-0.39, 0.29) is 13.2 Å². The van der Waals surface area contributed by atoms with E-state index >= 15 is 0 Å². The molecule has 104 valence electrons. The number of rotatable bonds is 6. The second kappa shape index (κ2) is 7.49. The summed E-state index contributed by atoms with van der Waals surface area (Å²) >= 11 is 0. The van der Waals surface area contributed by atoms with Crippen LogP contribution < -0.4 is 0 Å². The van der Waals surface area contributed by atoms with E-state index < -0.39 is 37.3 Å². The van der Waals surface area contributed by atoms with Crippen molar-refractivity contribution in [2.45, 2.75) is 37.1 Å². The predicted molar refractivity (Wildman–Crippen MR) is 58.3 cm³/mol. The molecule has 4 N–H and O–H groups in total. The minimum Gasteiger partial charge on any atom is -0.394 e. The average molecular weight is 263 g/mol. The monoisotopic (exact) mass is 263 g/mol. The molecule has 0 aliphatic carbocycles. The summed E-state index contributed by atoms with van der Waals surface area (Å²) in [6.45, 7) is -0.0981. The van der Waals surface area contributed by atoms with Crippen molar-refractivity contribution < 1.29 is 29.9 Å². The maximum absolute atomic E-state index is 9.60. The standard InChI is InChI=1S/C9H17N3O6/c10-12-11-2-1-3-17-9-8(16)7(15)6(14)5(4-13)18-9/h5-9,13-16H,1-4H2/t5?,6-,7?,8?,9+/m0/s1. The molecule has 18 heavy (non-hydrogen) atoms. The first-order valence-corrected chi connectivity index (χ1v) is 5.54. The lowest BCUT2D eigenvalue weighted by Gasteiger charge is -2.39. The smallest absolute Gasteiger partial charge is 0.186 e. The quantitative estimate of drug-likeness (QED) is 0.198. The van der Waals surface area contributed by atoms with Crippen molar-refractivity contribution in [3.8, 4) is 0 Å². The van der Waals surface area contributed by atoms with Gasteiger partial charge in [0, 0.05) is 18.1 Å². The Labute approximate surface area is 103 Å². The molecular formula is C9H17N3O6. The summed E-state index contributed by atoms with van der Waals surface area (Å²) in [5.74, 6) is 0. The van der Waals surface area contributed by atoms with Crippen molar-refractivity contribution in [1.82, 2.24) is 0 Å². The van der Waals surface area contributed by atoms with E-state index in [4.69, 9.17) is 20.1 Å². The largest absolute Gasteiger partial charge is 0.394 e. The summed E-state index contributed by atoms with van der Waals surface area (Å²) in [4.78, 5) is 2.56. The third-order valence-electron chi connectivity index (χ3n) is 2.60. The molecule has 1 saturated heterocycles. The van der Waals surface area contributed by atoms with Gasteiger partial charge in [-0.25, -0.2) is 0 Å². The molecule has 9 nitrogen and oxygen atoms in total. The number of nitrogens with zero attached hydrogens (tertiary/aromatic N) is 3. The predicted octanol–water partition coefficient (Wildman–Crippen LogP) is -1.50. The first kappa shape index (κ1) is 15.1. The minimum absolute atomic E-state index is 0.154. The van der Waals surface area contributed by atoms with Crippen LogP contribution in [0.15, 0.2) is 5.11 Å². The fourth-order valence-electron chi connectivity index (χ4n) is 1.58. The van der Waals surface area contributed by atoms with Gasteiger partial charge in [0.25, 0.3) is 0 Å². The van der Waals surface area contributed by atoms with Crippen LogP contribution in [0.1, 0.15) is 6.42 Å². The summed E-state index contributed by atoms with van der Waals surface area (Å²) in [6.07, 6.45) is -5.93. The number of aliphatic hydroxyl groups excluding tert-OH is 4. The van der Waals surface area contributed by atoms with E-state index in [2.05, 4.69) is 10.0 Å². The van der Waals surface area contributed by atoms with Crippen molar-refractivity contribution in [3.63, 3.8) is 0 Å². The van der Waals surface area contributed by atoms with Gasteiger partial charge in [-0.15, -0.1) is 0 Å². The van der Waals surface area contributed by atoms with Crippen LogP contribution in [-0.4, -0.2) is 70.9 Å². The SMILES string of the molecule is [N-]=[N+]=NCCCO[C@@H]1OC(CO)[C@H](O)C(O)C1O. The molecule has 0 radical (unpaired) electrons. The molecule has 0 spiro atoms. The molecule has 0 bridgehead atoms. The molecule has 1 rings (SSSR count). The summed E-state index contributed by atoms with van der Waals surface area (Å²) in [7, 11) is 0. The molecule has 0 aromatic heterocycles. The van der Waals surface area contributed by atoms with Crippen molar-refractivity contribution in [2.75, 3.05) is 19.8 Å². The molecule has 0 aromatic carbocycles. The van der Waals surface area contributed by atoms with Gasteiger partial charge in [0.15, 0.2) is 6.29 Å². The fraction of sp³-hybridized carbons (Fsp3) is 1.00. The van der Waals surface area contributed by atoms with E-state index in [1.165, 1.54) is 0 Å². The van der Waals surface area contributed by atoms with Crippen LogP contribution in [0, 0.1) is 0 Å². The Bertz CT molecular complexity index is 296. The maximum atomic E-state index is 9.60. The Morgan fingerprint density at radius 2 is 1.94 bits per heavy atom. The zero-order valence-corrected chi connectivity index (χ0v) is 9.66. The van der Waals surface area contributed by atoms with Crippen LogP contribution in [-0.2, 0) is 9.47 Å². The molecular weight excluding hydrogens is 246 g/mol. The molecule has 0 saturated carbocycles. The van der Waals surface area contributed by atoms with Gasteiger partial charge in [0.05, 0.1) is 6.61 Å². The van der Waals surface area contributed by atoms with Gasteiger partial charge in [-0.3, -0.25) is 0 Å². The first-order chi connectivity index (χ1) is 8.61. The van der Waals surface area contributed by atoms with Gasteiger partial charge in [-0.2, -0.15) is 0 Å². The third-order valence-corrected chi connectivity index (χ3v) is 2.60. The maximum Gasteiger partial charge on any atom is 0.186 e. The van der Waals surface area contributed by atoms with E-state index in [1.54, 1.807) is 0 Å². The van der Waals surface area contributed by atoms with Gasteiger partial charge in [-0.05, 0) is 12.0 Å². The zero-order valence-electron chi connectivity index (χ0n) is 9.66. The lowest BCUT2D eigenvalue weighted by molar-refractivity contribution is -0.301. The first-order valence-electron chi connectivity index (χ1n) is 5.54. The molecule has 1 heterocycles. The molecule has 0 amide bonds. The lowest BCUT2D eigenvalue weighted by Crippen LogP contribution is -2.59. The topological polar surface area (TPSA) is 148 Å². The summed E-state index contributed by atoms with van der Waals surface area (Å²) < 4.78 is 10.3. The van der Waals surface area contributed by atoms with Crippen molar-refractivity contribution in [2.24, 2.45) is 5.11 Å². The van der Waals surface area contributed by atoms with Crippen molar-refractivity contribution in [1.29, 1.82) is 0 Å². The van der Waals surface area contributed by atoms with Crippen LogP contribution >= 0.6 is 0 Å². The summed E-state index contributed by atoms with van der Waals surface area (Å²) in [5.41, 5.74) is 8.05. The second-order valence-corrected chi connectivity index (χ2v) is 3.88. The fourth-order valence-corrected chi connectivity index (χ4v) is 1.58. The normalized spacial score (nSPS) is 36.1. The Morgan fingerprint density at radius 3 is 2.56 bits per heavy atom. The highest BCUT2D eigenvalue weighted by Crippen LogP contribution is 2.21. The molecule has 3 unspecified atom stereocenters. The Morgan fingerprint density at radius 1 is 1.22 bits per heavy atom. The Balaban J connectivity index is 2.41. The zero-order chi connectivity index (χ0) is 13.5. The molecule has 0 aromatic rings. The van der Waals surface area contributed by atoms with E-state index in [1.807, 2.05) is 0 Å². The number of ether oxygens (including phenoxy) is 2. The number of hydrogen-bond acceptors (Lipinski definition) is 7. The highest BCUT2D eigenvalue weighted by molar-refractivity contribution is 4.88. The van der Waals surface area contributed by atoms with Gasteiger partial charge in [-0.1, -0.05) is 5.11 Å². The van der Waals surface area contributed by atoms with Crippen molar-refractivity contribution >= 4 is 0 Å². The van der Waals surface area contributed by atoms with Crippen LogP contribution in [0.5, 0.6) is 0 Å². The van der Waals surface area contributed by atoms with E-state index in [9.17, 15) is 15.3 Å². The second-order valence-electron chi connectivity index (χ2n) is 3.88. The number of aliphatic hydroxyl groups is 4. The molecule has 1 fully saturated rings. The summed E-state index contributed by atoms with van der Waals surface area (Å²) in [6, 6.07) is 0. The number of hydrogen-bond donors (Lipinski definition) is 4. The summed E-state index contributed by atoms with van der Waals surface area (Å²) in [5, 5.41) is 40.8. The van der Waals surface area contributed by atoms with Crippen LogP contribution in [0.25, 0.3) is 10.4 Å². The molecule has 9 heteroatoms. The lowest BCUT2D eigenvalue weighted by atomic mass is 9.99.